The van der Waals surface area contributed by atoms with Gasteiger partial charge in [0.25, 0.3) is 0 Å². The molecule has 2 aromatic heterocycles. The van der Waals surface area contributed by atoms with Crippen LogP contribution in [0.1, 0.15) is 25.7 Å². The summed E-state index contributed by atoms with van der Waals surface area (Å²) >= 11 is 1.65. The molecule has 0 atom stereocenters. The monoisotopic (exact) mass is 411 g/mol. The number of hydrogen-bond donors (Lipinski definition) is 1. The zero-order valence-corrected chi connectivity index (χ0v) is 17.1. The molecule has 152 valence electrons. The van der Waals surface area contributed by atoms with Crippen molar-refractivity contribution in [1.82, 2.24) is 15.0 Å². The minimum atomic E-state index is 0.203. The van der Waals surface area contributed by atoms with Crippen LogP contribution in [-0.2, 0) is 4.74 Å². The van der Waals surface area contributed by atoms with Crippen LogP contribution in [0.3, 0.4) is 0 Å². The summed E-state index contributed by atoms with van der Waals surface area (Å²) in [7, 11) is 0. The van der Waals surface area contributed by atoms with Crippen LogP contribution in [0.2, 0.25) is 0 Å². The summed E-state index contributed by atoms with van der Waals surface area (Å²) in [5.41, 5.74) is 2.86. The number of nitrogens with one attached hydrogen (secondary N) is 1. The second kappa shape index (κ2) is 8.51. The number of aromatic nitrogens is 3. The molecular formula is C21H25N5O2S. The highest BCUT2D eigenvalue weighted by atomic mass is 32.1. The standard InChI is InChI=1S/C21H25N5O2S/c1-3-17(4-2-15(1)25-21-24-7-12-29-21)28-19-14-16(26-8-10-27-11-9-26)13-18-20(19)23-6-5-22-18/h5-7,12-15,17H,1-4,8-11H2,(H,24,25). The van der Waals surface area contributed by atoms with Crippen molar-refractivity contribution in [3.63, 3.8) is 0 Å². The number of anilines is 2. The van der Waals surface area contributed by atoms with Gasteiger partial charge in [-0.05, 0) is 31.7 Å². The summed E-state index contributed by atoms with van der Waals surface area (Å²) in [4.78, 5) is 15.7. The Labute approximate surface area is 174 Å². The van der Waals surface area contributed by atoms with Gasteiger partial charge in [0.2, 0.25) is 0 Å². The highest BCUT2D eigenvalue weighted by molar-refractivity contribution is 7.13. The van der Waals surface area contributed by atoms with Crippen molar-refractivity contribution < 1.29 is 9.47 Å². The Bertz CT molecular complexity index is 937. The molecule has 1 saturated heterocycles. The van der Waals surface area contributed by atoms with E-state index in [1.165, 1.54) is 0 Å². The van der Waals surface area contributed by atoms with E-state index >= 15 is 0 Å². The molecule has 1 aliphatic carbocycles. The van der Waals surface area contributed by atoms with Crippen molar-refractivity contribution in [2.75, 3.05) is 36.5 Å². The van der Waals surface area contributed by atoms with E-state index in [1.807, 2.05) is 11.6 Å². The van der Waals surface area contributed by atoms with Crippen LogP contribution in [0.5, 0.6) is 5.75 Å². The quantitative estimate of drug-likeness (QED) is 0.686. The van der Waals surface area contributed by atoms with Crippen LogP contribution in [0.15, 0.2) is 36.1 Å². The number of thiazole rings is 1. The van der Waals surface area contributed by atoms with Gasteiger partial charge < -0.3 is 19.7 Å². The fourth-order valence-corrected chi connectivity index (χ4v) is 4.70. The molecule has 1 aliphatic heterocycles. The molecule has 1 aromatic carbocycles. The molecule has 0 spiro atoms. The Hall–Kier alpha value is -2.45. The van der Waals surface area contributed by atoms with Crippen molar-refractivity contribution in [2.45, 2.75) is 37.8 Å². The summed E-state index contributed by atoms with van der Waals surface area (Å²) in [6, 6.07) is 4.70. The van der Waals surface area contributed by atoms with Crippen LogP contribution in [0, 0.1) is 0 Å². The first-order valence-corrected chi connectivity index (χ1v) is 11.1. The third-order valence-corrected chi connectivity index (χ3v) is 6.33. The van der Waals surface area contributed by atoms with Crippen LogP contribution >= 0.6 is 11.3 Å². The van der Waals surface area contributed by atoms with Crippen LogP contribution in [0.4, 0.5) is 10.8 Å². The maximum Gasteiger partial charge on any atom is 0.182 e. The fourth-order valence-electron chi connectivity index (χ4n) is 4.10. The van der Waals surface area contributed by atoms with Gasteiger partial charge in [0, 0.05) is 54.9 Å². The summed E-state index contributed by atoms with van der Waals surface area (Å²) in [6.07, 6.45) is 9.72. The fraction of sp³-hybridized carbons (Fsp3) is 0.476. The van der Waals surface area contributed by atoms with Crippen molar-refractivity contribution in [3.05, 3.63) is 36.1 Å². The van der Waals surface area contributed by atoms with E-state index < -0.39 is 0 Å². The first-order chi connectivity index (χ1) is 14.3. The third kappa shape index (κ3) is 4.28. The lowest BCUT2D eigenvalue weighted by atomic mass is 9.93. The van der Waals surface area contributed by atoms with E-state index in [-0.39, 0.29) is 6.10 Å². The second-order valence-corrected chi connectivity index (χ2v) is 8.44. The van der Waals surface area contributed by atoms with Gasteiger partial charge in [-0.15, -0.1) is 11.3 Å². The first-order valence-electron chi connectivity index (χ1n) is 10.3. The molecule has 0 unspecified atom stereocenters. The third-order valence-electron chi connectivity index (χ3n) is 5.63. The summed E-state index contributed by atoms with van der Waals surface area (Å²) in [5.74, 6) is 0.841. The second-order valence-electron chi connectivity index (χ2n) is 7.54. The molecule has 3 heterocycles. The molecule has 2 fully saturated rings. The molecule has 8 heteroatoms. The Morgan fingerprint density at radius 1 is 1.00 bits per heavy atom. The molecule has 0 amide bonds. The van der Waals surface area contributed by atoms with Gasteiger partial charge in [-0.2, -0.15) is 0 Å². The molecule has 0 bridgehead atoms. The highest BCUT2D eigenvalue weighted by Gasteiger charge is 2.24. The lowest BCUT2D eigenvalue weighted by Crippen LogP contribution is -2.36. The van der Waals surface area contributed by atoms with Crippen LogP contribution in [0.25, 0.3) is 11.0 Å². The Morgan fingerprint density at radius 3 is 2.62 bits per heavy atom. The average molecular weight is 412 g/mol. The van der Waals surface area contributed by atoms with Crippen molar-refractivity contribution in [3.8, 4) is 5.75 Å². The number of ether oxygens (including phenoxy) is 2. The molecule has 5 rings (SSSR count). The summed E-state index contributed by atoms with van der Waals surface area (Å²) in [5, 5.41) is 6.55. The minimum absolute atomic E-state index is 0.203. The lowest BCUT2D eigenvalue weighted by Gasteiger charge is -2.31. The molecule has 0 radical (unpaired) electrons. The van der Waals surface area contributed by atoms with Crippen molar-refractivity contribution in [2.24, 2.45) is 0 Å². The maximum atomic E-state index is 6.48. The largest absolute Gasteiger partial charge is 0.488 e. The van der Waals surface area contributed by atoms with E-state index in [9.17, 15) is 0 Å². The zero-order valence-electron chi connectivity index (χ0n) is 16.3. The Balaban J connectivity index is 1.30. The minimum Gasteiger partial charge on any atom is -0.488 e. The van der Waals surface area contributed by atoms with Gasteiger partial charge in [-0.25, -0.2) is 9.97 Å². The summed E-state index contributed by atoms with van der Waals surface area (Å²) < 4.78 is 12.0. The van der Waals surface area contributed by atoms with E-state index in [0.717, 1.165) is 79.6 Å². The van der Waals surface area contributed by atoms with Crippen LogP contribution in [-0.4, -0.2) is 53.4 Å². The van der Waals surface area contributed by atoms with Gasteiger partial charge in [-0.1, -0.05) is 0 Å². The zero-order chi connectivity index (χ0) is 19.5. The molecule has 1 saturated carbocycles. The molecular weight excluding hydrogens is 386 g/mol. The number of hydrogen-bond acceptors (Lipinski definition) is 8. The predicted molar refractivity (Wildman–Crippen MR) is 115 cm³/mol. The molecule has 7 nitrogen and oxygen atoms in total. The number of rotatable bonds is 5. The molecule has 3 aromatic rings. The number of nitrogens with zero attached hydrogens (tertiary/aromatic N) is 4. The van der Waals surface area contributed by atoms with Gasteiger partial charge in [0.15, 0.2) is 5.13 Å². The number of morpholine rings is 1. The predicted octanol–water partition coefficient (Wildman–Crippen LogP) is 3.73. The normalized spacial score (nSPS) is 22.6. The Kier molecular flexibility index (Phi) is 5.45. The smallest absolute Gasteiger partial charge is 0.182 e. The number of benzene rings is 1. The lowest BCUT2D eigenvalue weighted by molar-refractivity contribution is 0.122. The summed E-state index contributed by atoms with van der Waals surface area (Å²) in [6.45, 7) is 3.28. The van der Waals surface area contributed by atoms with E-state index in [1.54, 1.807) is 23.7 Å². The highest BCUT2D eigenvalue weighted by Crippen LogP contribution is 2.33. The van der Waals surface area contributed by atoms with Gasteiger partial charge in [0.1, 0.15) is 11.3 Å². The van der Waals surface area contributed by atoms with Crippen molar-refractivity contribution >= 4 is 33.2 Å². The van der Waals surface area contributed by atoms with Gasteiger partial charge in [0.05, 0.1) is 24.8 Å². The SMILES string of the molecule is c1csc(NC2CCC(Oc3cc(N4CCOCC4)cc4nccnc34)CC2)n1. The maximum absolute atomic E-state index is 6.48. The Morgan fingerprint density at radius 2 is 1.83 bits per heavy atom. The van der Waals surface area contributed by atoms with Gasteiger partial charge >= 0.3 is 0 Å². The van der Waals surface area contributed by atoms with Crippen LogP contribution < -0.4 is 15.0 Å². The van der Waals surface area contributed by atoms with E-state index in [0.29, 0.717) is 6.04 Å². The average Bonchev–Trinajstić information content (AvgIpc) is 3.29. The molecule has 2 aliphatic rings. The van der Waals surface area contributed by atoms with E-state index in [2.05, 4.69) is 37.3 Å². The van der Waals surface area contributed by atoms with Gasteiger partial charge in [-0.3, -0.25) is 4.98 Å². The molecule has 29 heavy (non-hydrogen) atoms. The van der Waals surface area contributed by atoms with Crippen molar-refractivity contribution in [1.29, 1.82) is 0 Å². The molecule has 1 N–H and O–H groups in total. The van der Waals surface area contributed by atoms with E-state index in [4.69, 9.17) is 9.47 Å². The topological polar surface area (TPSA) is 72.4 Å². The number of fused-ring (bicyclic) bond motifs is 1. The first kappa shape index (κ1) is 18.6.